The van der Waals surface area contributed by atoms with E-state index in [1.54, 1.807) is 0 Å². The molecule has 0 fully saturated rings. The van der Waals surface area contributed by atoms with E-state index >= 15 is 0 Å². The zero-order chi connectivity index (χ0) is 13.1. The Morgan fingerprint density at radius 3 is 2.94 bits per heavy atom. The second-order valence-corrected chi connectivity index (χ2v) is 3.81. The molecule has 0 aliphatic rings. The van der Waals surface area contributed by atoms with Crippen molar-refractivity contribution in [2.75, 3.05) is 6.54 Å². The summed E-state index contributed by atoms with van der Waals surface area (Å²) < 4.78 is 0. The maximum atomic E-state index is 10.7. The average molecular weight is 251 g/mol. The number of aliphatic hydroxyl groups is 2. The fraction of sp³-hybridized carbons (Fsp3) is 0.400. The monoisotopic (exact) mass is 251 g/mol. The number of hydrogen-bond acceptors (Lipinski definition) is 6. The van der Waals surface area contributed by atoms with Crippen LogP contribution in [0.2, 0.25) is 0 Å². The number of aromatic nitrogens is 4. The van der Waals surface area contributed by atoms with Crippen LogP contribution in [0.25, 0.3) is 11.2 Å². The molecule has 0 saturated carbocycles. The summed E-state index contributed by atoms with van der Waals surface area (Å²) in [5, 5.41) is 22.2. The zero-order valence-electron chi connectivity index (χ0n) is 9.66. The number of fused-ring (bicyclic) bond motifs is 1. The quantitative estimate of drug-likeness (QED) is 0.546. The molecule has 0 aliphatic carbocycles. The number of H-pyrrole nitrogens is 1. The third-order valence-corrected chi connectivity index (χ3v) is 2.46. The molecule has 0 spiro atoms. The van der Waals surface area contributed by atoms with E-state index in [4.69, 9.17) is 0 Å². The van der Waals surface area contributed by atoms with Crippen molar-refractivity contribution in [3.8, 4) is 0 Å². The smallest absolute Gasteiger partial charge is 0.216 e. The van der Waals surface area contributed by atoms with Crippen molar-refractivity contribution in [1.82, 2.24) is 25.3 Å². The van der Waals surface area contributed by atoms with Gasteiger partial charge in [0.05, 0.1) is 6.33 Å². The van der Waals surface area contributed by atoms with Crippen LogP contribution in [-0.2, 0) is 4.79 Å². The molecule has 2 unspecified atom stereocenters. The van der Waals surface area contributed by atoms with Crippen LogP contribution in [0.15, 0.2) is 12.7 Å². The molecule has 18 heavy (non-hydrogen) atoms. The number of imidazole rings is 1. The Bertz CT molecular complexity index is 555. The van der Waals surface area contributed by atoms with E-state index in [2.05, 4.69) is 25.3 Å². The highest BCUT2D eigenvalue weighted by Gasteiger charge is 2.23. The fourth-order valence-corrected chi connectivity index (χ4v) is 1.55. The van der Waals surface area contributed by atoms with Crippen molar-refractivity contribution in [1.29, 1.82) is 0 Å². The molecule has 4 N–H and O–H groups in total. The van der Waals surface area contributed by atoms with Gasteiger partial charge in [0.1, 0.15) is 29.7 Å². The van der Waals surface area contributed by atoms with Gasteiger partial charge >= 0.3 is 0 Å². The minimum atomic E-state index is -1.23. The van der Waals surface area contributed by atoms with Crippen LogP contribution in [0.3, 0.4) is 0 Å². The van der Waals surface area contributed by atoms with Crippen LogP contribution >= 0.6 is 0 Å². The van der Waals surface area contributed by atoms with E-state index in [1.165, 1.54) is 19.6 Å². The van der Waals surface area contributed by atoms with E-state index < -0.39 is 12.2 Å². The molecule has 8 nitrogen and oxygen atoms in total. The molecule has 2 aromatic rings. The van der Waals surface area contributed by atoms with E-state index in [1.807, 2.05) is 0 Å². The van der Waals surface area contributed by atoms with Gasteiger partial charge in [-0.15, -0.1) is 0 Å². The van der Waals surface area contributed by atoms with Gasteiger partial charge in [0.2, 0.25) is 5.91 Å². The molecule has 8 heteroatoms. The Balaban J connectivity index is 2.19. The molecule has 96 valence electrons. The van der Waals surface area contributed by atoms with Crippen LogP contribution in [0, 0.1) is 0 Å². The number of aliphatic hydroxyl groups excluding tert-OH is 2. The van der Waals surface area contributed by atoms with Gasteiger partial charge < -0.3 is 20.5 Å². The first-order valence-electron chi connectivity index (χ1n) is 5.34. The van der Waals surface area contributed by atoms with Gasteiger partial charge in [0.15, 0.2) is 5.65 Å². The van der Waals surface area contributed by atoms with Crippen LogP contribution in [0.5, 0.6) is 0 Å². The molecule has 0 bridgehead atoms. The summed E-state index contributed by atoms with van der Waals surface area (Å²) in [4.78, 5) is 25.3. The summed E-state index contributed by atoms with van der Waals surface area (Å²) in [6.07, 6.45) is 0.293. The second kappa shape index (κ2) is 5.07. The maximum absolute atomic E-state index is 10.7. The Kier molecular flexibility index (Phi) is 3.49. The highest BCUT2D eigenvalue weighted by atomic mass is 16.3. The molecule has 2 aromatic heterocycles. The summed E-state index contributed by atoms with van der Waals surface area (Å²) >= 11 is 0. The van der Waals surface area contributed by atoms with Gasteiger partial charge in [-0.1, -0.05) is 0 Å². The summed E-state index contributed by atoms with van der Waals surface area (Å²) in [6.45, 7) is 1.27. The van der Waals surface area contributed by atoms with Gasteiger partial charge in [0.25, 0.3) is 0 Å². The number of aromatic amines is 1. The molecule has 0 saturated heterocycles. The largest absolute Gasteiger partial charge is 0.388 e. The summed E-state index contributed by atoms with van der Waals surface area (Å²) in [7, 11) is 0. The molecular weight excluding hydrogens is 238 g/mol. The van der Waals surface area contributed by atoms with Gasteiger partial charge in [-0.25, -0.2) is 15.0 Å². The molecular formula is C10H13N5O3. The van der Waals surface area contributed by atoms with Crippen LogP contribution in [0.1, 0.15) is 18.7 Å². The Morgan fingerprint density at radius 2 is 2.22 bits per heavy atom. The Morgan fingerprint density at radius 1 is 1.44 bits per heavy atom. The Labute approximate surface area is 102 Å². The predicted octanol–water partition coefficient (Wildman–Crippen LogP) is -1.12. The predicted molar refractivity (Wildman–Crippen MR) is 61.3 cm³/mol. The van der Waals surface area contributed by atoms with Crippen molar-refractivity contribution in [2.24, 2.45) is 0 Å². The van der Waals surface area contributed by atoms with E-state index in [9.17, 15) is 15.0 Å². The first kappa shape index (κ1) is 12.4. The molecule has 0 aromatic carbocycles. The fourth-order valence-electron chi connectivity index (χ4n) is 1.55. The lowest BCUT2D eigenvalue weighted by Crippen LogP contribution is -2.34. The standard InChI is InChI=1S/C10H13N5O3/c1-5(16)11-2-6(17)9(18)7-8-10(14-3-12-7)15-4-13-8/h3-4,6,9,17-18H,2H2,1H3,(H,11,16)(H,12,13,14,15). The van der Waals surface area contributed by atoms with Crippen molar-refractivity contribution in [2.45, 2.75) is 19.1 Å². The van der Waals surface area contributed by atoms with Crippen LogP contribution in [0.4, 0.5) is 0 Å². The third-order valence-electron chi connectivity index (χ3n) is 2.46. The number of carbonyl (C=O) groups excluding carboxylic acids is 1. The minimum Gasteiger partial charge on any atom is -0.388 e. The molecule has 2 heterocycles. The van der Waals surface area contributed by atoms with Crippen molar-refractivity contribution < 1.29 is 15.0 Å². The van der Waals surface area contributed by atoms with Crippen LogP contribution in [-0.4, -0.2) is 48.7 Å². The van der Waals surface area contributed by atoms with E-state index in [0.29, 0.717) is 11.2 Å². The summed E-state index contributed by atoms with van der Waals surface area (Å²) in [5.41, 5.74) is 1.12. The highest BCUT2D eigenvalue weighted by Crippen LogP contribution is 2.20. The molecule has 2 atom stereocenters. The summed E-state index contributed by atoms with van der Waals surface area (Å²) in [5.74, 6) is -0.282. The summed E-state index contributed by atoms with van der Waals surface area (Å²) in [6, 6.07) is 0. The maximum Gasteiger partial charge on any atom is 0.216 e. The Hall–Kier alpha value is -2.06. The minimum absolute atomic E-state index is 0.0594. The molecule has 2 rings (SSSR count). The third kappa shape index (κ3) is 2.44. The van der Waals surface area contributed by atoms with Gasteiger partial charge in [-0.2, -0.15) is 0 Å². The van der Waals surface area contributed by atoms with Crippen molar-refractivity contribution >= 4 is 17.1 Å². The van der Waals surface area contributed by atoms with Crippen molar-refractivity contribution in [3.63, 3.8) is 0 Å². The zero-order valence-corrected chi connectivity index (χ0v) is 9.66. The van der Waals surface area contributed by atoms with Gasteiger partial charge in [0, 0.05) is 13.5 Å². The first-order valence-corrected chi connectivity index (χ1v) is 5.34. The number of amides is 1. The lowest BCUT2D eigenvalue weighted by Gasteiger charge is -2.17. The molecule has 0 radical (unpaired) electrons. The molecule has 0 aliphatic heterocycles. The van der Waals surface area contributed by atoms with Crippen molar-refractivity contribution in [3.05, 3.63) is 18.3 Å². The number of hydrogen-bond donors (Lipinski definition) is 4. The number of rotatable bonds is 4. The lowest BCUT2D eigenvalue weighted by molar-refractivity contribution is -0.119. The van der Waals surface area contributed by atoms with E-state index in [0.717, 1.165) is 0 Å². The second-order valence-electron chi connectivity index (χ2n) is 3.81. The topological polar surface area (TPSA) is 124 Å². The highest BCUT2D eigenvalue weighted by molar-refractivity contribution is 5.73. The number of nitrogens with one attached hydrogen (secondary N) is 2. The number of carbonyl (C=O) groups is 1. The average Bonchev–Trinajstić information content (AvgIpc) is 2.82. The van der Waals surface area contributed by atoms with Gasteiger partial charge in [-0.05, 0) is 0 Å². The van der Waals surface area contributed by atoms with Gasteiger partial charge in [-0.3, -0.25) is 4.79 Å². The van der Waals surface area contributed by atoms with Crippen LogP contribution < -0.4 is 5.32 Å². The molecule has 1 amide bonds. The SMILES string of the molecule is CC(=O)NCC(O)C(O)c1ncnc2nc[nH]c12. The number of nitrogens with zero attached hydrogens (tertiary/aromatic N) is 3. The lowest BCUT2D eigenvalue weighted by atomic mass is 10.1. The normalized spacial score (nSPS) is 14.4. The first-order chi connectivity index (χ1) is 8.59. The van der Waals surface area contributed by atoms with E-state index in [-0.39, 0.29) is 18.1 Å².